The van der Waals surface area contributed by atoms with E-state index in [2.05, 4.69) is 15.3 Å². The van der Waals surface area contributed by atoms with Crippen LogP contribution in [0, 0.1) is 0 Å². The Bertz CT molecular complexity index is 1480. The van der Waals surface area contributed by atoms with Gasteiger partial charge in [0.2, 0.25) is 0 Å². The van der Waals surface area contributed by atoms with E-state index in [9.17, 15) is 14.7 Å². The van der Waals surface area contributed by atoms with Crippen LogP contribution in [0.2, 0.25) is 0 Å². The van der Waals surface area contributed by atoms with Crippen LogP contribution in [0.15, 0.2) is 48.8 Å². The molecular formula is C31H36N4O6. The van der Waals surface area contributed by atoms with E-state index in [1.54, 1.807) is 19.9 Å². The molecule has 10 heteroatoms. The first-order valence-corrected chi connectivity index (χ1v) is 13.6. The van der Waals surface area contributed by atoms with Gasteiger partial charge in [-0.1, -0.05) is 24.3 Å². The summed E-state index contributed by atoms with van der Waals surface area (Å²) in [5.41, 5.74) is 3.23. The van der Waals surface area contributed by atoms with E-state index in [1.807, 2.05) is 58.0 Å². The molecule has 3 aromatic rings. The summed E-state index contributed by atoms with van der Waals surface area (Å²) in [6.45, 7) is 12.6. The highest BCUT2D eigenvalue weighted by atomic mass is 16.5. The van der Waals surface area contributed by atoms with Crippen LogP contribution in [0.1, 0.15) is 63.8 Å². The van der Waals surface area contributed by atoms with Gasteiger partial charge < -0.3 is 24.6 Å². The molecule has 0 aliphatic carbocycles. The third kappa shape index (κ3) is 6.03. The van der Waals surface area contributed by atoms with Crippen molar-refractivity contribution in [3.8, 4) is 17.5 Å². The van der Waals surface area contributed by atoms with Gasteiger partial charge in [-0.15, -0.1) is 0 Å². The van der Waals surface area contributed by atoms with E-state index in [1.165, 1.54) is 12.4 Å². The van der Waals surface area contributed by atoms with Crippen LogP contribution in [-0.2, 0) is 40.3 Å². The molecule has 3 aliphatic heterocycles. The van der Waals surface area contributed by atoms with Gasteiger partial charge in [0.15, 0.2) is 0 Å². The number of amides is 3. The van der Waals surface area contributed by atoms with Crippen molar-refractivity contribution >= 4 is 17.6 Å². The summed E-state index contributed by atoms with van der Waals surface area (Å²) in [5.74, 6) is 0.723. The summed E-state index contributed by atoms with van der Waals surface area (Å²) >= 11 is 0. The zero-order valence-corrected chi connectivity index (χ0v) is 24.3. The van der Waals surface area contributed by atoms with Gasteiger partial charge >= 0.3 is 12.0 Å². The number of carbonyl (C=O) groups is 2. The van der Waals surface area contributed by atoms with Gasteiger partial charge in [0.05, 0.1) is 42.5 Å². The number of phenols is 1. The number of nitrogens with one attached hydrogen (secondary N) is 1. The number of phenolic OH excluding ortho intramolecular Hbond substituents is 1. The number of aromatic hydroxyl groups is 1. The zero-order chi connectivity index (χ0) is 29.6. The van der Waals surface area contributed by atoms with Crippen LogP contribution in [0.5, 0.6) is 17.5 Å². The highest BCUT2D eigenvalue weighted by molar-refractivity contribution is 6.22. The predicted molar refractivity (Wildman–Crippen MR) is 152 cm³/mol. The molecule has 216 valence electrons. The lowest BCUT2D eigenvalue weighted by Gasteiger charge is -2.32. The Labute approximate surface area is 239 Å². The first-order chi connectivity index (χ1) is 19.2. The number of ether oxygens (including phenoxy) is 3. The number of rotatable bonds is 3. The number of fused-ring (bicyclic) bond motifs is 2. The third-order valence-corrected chi connectivity index (χ3v) is 7.35. The predicted octanol–water partition coefficient (Wildman–Crippen LogP) is 5.20. The number of hydrogen-bond donors (Lipinski definition) is 2. The Morgan fingerprint density at radius 1 is 0.854 bits per heavy atom. The number of aromatic nitrogens is 2. The Morgan fingerprint density at radius 3 is 2.00 bits per heavy atom. The number of urea groups is 1. The maximum absolute atomic E-state index is 12.4. The highest BCUT2D eigenvalue weighted by Crippen LogP contribution is 2.36. The largest absolute Gasteiger partial charge is 0.508 e. The topological polar surface area (TPSA) is 123 Å². The molecule has 0 unspecified atom stereocenters. The summed E-state index contributed by atoms with van der Waals surface area (Å²) in [4.78, 5) is 33.9. The van der Waals surface area contributed by atoms with Crippen molar-refractivity contribution in [3.05, 3.63) is 71.0 Å². The molecule has 4 heterocycles. The molecule has 6 rings (SSSR count). The Kier molecular flexibility index (Phi) is 7.25. The SMILES string of the molecule is CC1(C)Cc2c(O)cccc2CO1.CC1(C)Cc2c(cccc2Oc2ncc(N3C(=O)NC(C)(C)C3=O)cn2)CO1. The molecular weight excluding hydrogens is 524 g/mol. The maximum atomic E-state index is 12.4. The van der Waals surface area contributed by atoms with Crippen LogP contribution >= 0.6 is 0 Å². The average molecular weight is 561 g/mol. The monoisotopic (exact) mass is 560 g/mol. The minimum atomic E-state index is -0.954. The summed E-state index contributed by atoms with van der Waals surface area (Å²) < 4.78 is 17.4. The van der Waals surface area contributed by atoms with Crippen molar-refractivity contribution in [1.29, 1.82) is 0 Å². The fourth-order valence-electron chi connectivity index (χ4n) is 5.06. The molecule has 0 atom stereocenters. The van der Waals surface area contributed by atoms with E-state index in [4.69, 9.17) is 14.2 Å². The van der Waals surface area contributed by atoms with Gasteiger partial charge in [0.1, 0.15) is 17.0 Å². The van der Waals surface area contributed by atoms with Crippen LogP contribution in [0.4, 0.5) is 10.5 Å². The lowest BCUT2D eigenvalue weighted by Crippen LogP contribution is -2.40. The quantitative estimate of drug-likeness (QED) is 0.419. The smallest absolute Gasteiger partial charge is 0.329 e. The second-order valence-electron chi connectivity index (χ2n) is 12.3. The highest BCUT2D eigenvalue weighted by Gasteiger charge is 2.45. The molecule has 2 aromatic carbocycles. The second-order valence-corrected chi connectivity index (χ2v) is 12.3. The molecule has 0 radical (unpaired) electrons. The Hall–Kier alpha value is -4.02. The van der Waals surface area contributed by atoms with E-state index >= 15 is 0 Å². The van der Waals surface area contributed by atoms with Gasteiger partial charge in [0, 0.05) is 24.0 Å². The van der Waals surface area contributed by atoms with Crippen molar-refractivity contribution in [3.63, 3.8) is 0 Å². The first kappa shape index (κ1) is 28.5. The minimum Gasteiger partial charge on any atom is -0.508 e. The van der Waals surface area contributed by atoms with Gasteiger partial charge in [0.25, 0.3) is 5.91 Å². The molecule has 0 saturated carbocycles. The molecule has 10 nitrogen and oxygen atoms in total. The minimum absolute atomic E-state index is 0.146. The van der Waals surface area contributed by atoms with Crippen LogP contribution in [-0.4, -0.2) is 43.8 Å². The lowest BCUT2D eigenvalue weighted by molar-refractivity contribution is -0.121. The molecule has 1 aromatic heterocycles. The van der Waals surface area contributed by atoms with Crippen LogP contribution in [0.25, 0.3) is 0 Å². The van der Waals surface area contributed by atoms with Gasteiger partial charge in [-0.3, -0.25) is 4.79 Å². The van der Waals surface area contributed by atoms with Crippen LogP contribution < -0.4 is 15.0 Å². The van der Waals surface area contributed by atoms with Crippen LogP contribution in [0.3, 0.4) is 0 Å². The first-order valence-electron chi connectivity index (χ1n) is 13.6. The third-order valence-electron chi connectivity index (χ3n) is 7.35. The molecule has 2 N–H and O–H groups in total. The second kappa shape index (κ2) is 10.4. The van der Waals surface area contributed by atoms with E-state index in [-0.39, 0.29) is 23.1 Å². The van der Waals surface area contributed by atoms with Crippen molar-refractivity contribution < 1.29 is 28.9 Å². The van der Waals surface area contributed by atoms with Gasteiger partial charge in [-0.25, -0.2) is 19.7 Å². The molecule has 0 spiro atoms. The van der Waals surface area contributed by atoms with Crippen molar-refractivity contribution in [1.82, 2.24) is 15.3 Å². The van der Waals surface area contributed by atoms with E-state index in [0.717, 1.165) is 33.6 Å². The summed E-state index contributed by atoms with van der Waals surface area (Å²) in [6.07, 6.45) is 4.32. The number of imide groups is 1. The number of hydrogen-bond acceptors (Lipinski definition) is 8. The number of nitrogens with zero attached hydrogens (tertiary/aromatic N) is 3. The van der Waals surface area contributed by atoms with Crippen molar-refractivity contribution in [2.24, 2.45) is 0 Å². The Morgan fingerprint density at radius 2 is 1.41 bits per heavy atom. The average Bonchev–Trinajstić information content (AvgIpc) is 3.11. The number of anilines is 1. The van der Waals surface area contributed by atoms with E-state index < -0.39 is 11.6 Å². The standard InChI is InChI=1S/C20H22N4O4.C11H14O2/c1-19(2)8-14-12(11-27-19)6-5-7-15(14)28-17-21-9-13(10-22-17)24-16(25)20(3,4)23-18(24)26;1-11(2)6-9-8(7-13-11)4-3-5-10(9)12/h5-7,9-10H,8,11H2,1-4H3,(H,23,26);3-5,12H,6-7H2,1-2H3. The summed E-state index contributed by atoms with van der Waals surface area (Å²) in [6, 6.07) is 11.0. The molecule has 3 aliphatic rings. The Balaban J connectivity index is 0.000000216. The normalized spacial score (nSPS) is 19.8. The lowest BCUT2D eigenvalue weighted by atomic mass is 9.91. The van der Waals surface area contributed by atoms with Gasteiger partial charge in [-0.05, 0) is 64.8 Å². The fourth-order valence-corrected chi connectivity index (χ4v) is 5.06. The summed E-state index contributed by atoms with van der Waals surface area (Å²) in [5, 5.41) is 12.3. The number of benzene rings is 2. The summed E-state index contributed by atoms with van der Waals surface area (Å²) in [7, 11) is 0. The van der Waals surface area contributed by atoms with Crippen molar-refractivity contribution in [2.45, 2.75) is 84.3 Å². The molecule has 1 saturated heterocycles. The molecule has 3 amide bonds. The number of carbonyl (C=O) groups excluding carboxylic acids is 2. The maximum Gasteiger partial charge on any atom is 0.329 e. The molecule has 1 fully saturated rings. The fraction of sp³-hybridized carbons (Fsp3) is 0.419. The molecule has 41 heavy (non-hydrogen) atoms. The van der Waals surface area contributed by atoms with E-state index in [0.29, 0.717) is 36.8 Å². The van der Waals surface area contributed by atoms with Gasteiger partial charge in [-0.2, -0.15) is 0 Å². The zero-order valence-electron chi connectivity index (χ0n) is 24.3. The van der Waals surface area contributed by atoms with Crippen molar-refractivity contribution in [2.75, 3.05) is 4.90 Å². The molecule has 0 bridgehead atoms.